The van der Waals surface area contributed by atoms with Crippen molar-refractivity contribution < 1.29 is 0 Å². The summed E-state index contributed by atoms with van der Waals surface area (Å²) >= 11 is 4.12. The molecule has 0 aromatic carbocycles. The molecule has 0 radical (unpaired) electrons. The topological polar surface area (TPSA) is 30.7 Å². The number of aromatic nitrogens is 3. The third kappa shape index (κ3) is 0.830. The van der Waals surface area contributed by atoms with E-state index in [1.807, 2.05) is 4.57 Å². The van der Waals surface area contributed by atoms with Gasteiger partial charge in [0.1, 0.15) is 6.33 Å². The van der Waals surface area contributed by atoms with Gasteiger partial charge in [-0.15, -0.1) is 22.8 Å². The lowest BCUT2D eigenvalue weighted by Gasteiger charge is -1.95. The molecule has 0 aliphatic heterocycles. The number of hydrogen-bond acceptors (Lipinski definition) is 3. The molecule has 1 fully saturated rings. The molecule has 1 aromatic rings. The highest BCUT2D eigenvalue weighted by Crippen LogP contribution is 2.35. The normalized spacial score (nSPS) is 18.3. The van der Waals surface area contributed by atoms with Gasteiger partial charge in [0.25, 0.3) is 0 Å². The monoisotopic (exact) mass is 141 g/mol. The molecule has 0 N–H and O–H groups in total. The zero-order valence-corrected chi connectivity index (χ0v) is 5.75. The highest BCUT2D eigenvalue weighted by atomic mass is 32.1. The third-order valence-electron chi connectivity index (χ3n) is 1.49. The van der Waals surface area contributed by atoms with Gasteiger partial charge >= 0.3 is 0 Å². The van der Waals surface area contributed by atoms with E-state index in [0.29, 0.717) is 6.04 Å². The molecule has 0 amide bonds. The fourth-order valence-corrected chi connectivity index (χ4v) is 1.11. The summed E-state index contributed by atoms with van der Waals surface area (Å²) < 4.78 is 2.00. The Kier molecular flexibility index (Phi) is 1.02. The van der Waals surface area contributed by atoms with E-state index in [4.69, 9.17) is 0 Å². The Morgan fingerprint density at radius 3 is 2.89 bits per heavy atom. The second-order valence-corrected chi connectivity index (χ2v) is 2.67. The molecule has 1 heterocycles. The average Bonchev–Trinajstić information content (AvgIpc) is 2.58. The molecular weight excluding hydrogens is 134 g/mol. The molecule has 3 nitrogen and oxygen atoms in total. The van der Waals surface area contributed by atoms with Crippen LogP contribution in [0.25, 0.3) is 0 Å². The Bertz CT molecular complexity index is 216. The van der Waals surface area contributed by atoms with Gasteiger partial charge in [0.15, 0.2) is 5.16 Å². The molecule has 2 rings (SSSR count). The lowest BCUT2D eigenvalue weighted by molar-refractivity contribution is 0.665. The minimum Gasteiger partial charge on any atom is -0.306 e. The summed E-state index contributed by atoms with van der Waals surface area (Å²) in [5.74, 6) is 0. The van der Waals surface area contributed by atoms with Crippen LogP contribution in [0.2, 0.25) is 0 Å². The molecule has 1 aliphatic carbocycles. The highest BCUT2D eigenvalue weighted by Gasteiger charge is 2.24. The number of rotatable bonds is 1. The SMILES string of the molecule is Sc1nncn1C1CC1. The lowest BCUT2D eigenvalue weighted by Crippen LogP contribution is -1.90. The Hall–Kier alpha value is -0.510. The van der Waals surface area contributed by atoms with Crippen molar-refractivity contribution in [3.8, 4) is 0 Å². The first-order valence-corrected chi connectivity index (χ1v) is 3.41. The predicted octanol–water partition coefficient (Wildman–Crippen LogP) is 0.902. The second-order valence-electron chi connectivity index (χ2n) is 2.27. The van der Waals surface area contributed by atoms with Crippen molar-refractivity contribution in [2.45, 2.75) is 24.0 Å². The Balaban J connectivity index is 2.35. The summed E-state index contributed by atoms with van der Waals surface area (Å²) in [6, 6.07) is 0.646. The van der Waals surface area contributed by atoms with E-state index in [9.17, 15) is 0 Å². The maximum absolute atomic E-state index is 4.12. The zero-order valence-electron chi connectivity index (χ0n) is 4.86. The van der Waals surface area contributed by atoms with Crippen LogP contribution in [-0.2, 0) is 0 Å². The van der Waals surface area contributed by atoms with Crippen molar-refractivity contribution in [3.05, 3.63) is 6.33 Å². The molecule has 0 spiro atoms. The Morgan fingerprint density at radius 2 is 2.44 bits per heavy atom. The fraction of sp³-hybridized carbons (Fsp3) is 0.600. The number of thiol groups is 1. The molecule has 0 atom stereocenters. The van der Waals surface area contributed by atoms with Gasteiger partial charge in [0.05, 0.1) is 0 Å². The molecule has 1 aromatic heterocycles. The van der Waals surface area contributed by atoms with Gasteiger partial charge < -0.3 is 4.57 Å². The molecule has 0 saturated heterocycles. The van der Waals surface area contributed by atoms with Crippen LogP contribution >= 0.6 is 12.6 Å². The Labute approximate surface area is 58.5 Å². The molecule has 48 valence electrons. The van der Waals surface area contributed by atoms with Crippen LogP contribution in [0.3, 0.4) is 0 Å². The van der Waals surface area contributed by atoms with Gasteiger partial charge in [-0.2, -0.15) is 0 Å². The quantitative estimate of drug-likeness (QED) is 0.589. The standard InChI is InChI=1S/C5H7N3S/c9-5-7-6-3-8(5)4-1-2-4/h3-4H,1-2H2,(H,7,9). The van der Waals surface area contributed by atoms with Crippen LogP contribution in [0, 0.1) is 0 Å². The van der Waals surface area contributed by atoms with Crippen molar-refractivity contribution in [1.29, 1.82) is 0 Å². The second kappa shape index (κ2) is 1.73. The summed E-state index contributed by atoms with van der Waals surface area (Å²) in [6.07, 6.45) is 4.25. The van der Waals surface area contributed by atoms with Gasteiger partial charge in [0.2, 0.25) is 0 Å². The minimum absolute atomic E-state index is 0.646. The van der Waals surface area contributed by atoms with Gasteiger partial charge in [-0.25, -0.2) is 0 Å². The van der Waals surface area contributed by atoms with Crippen molar-refractivity contribution >= 4 is 12.6 Å². The van der Waals surface area contributed by atoms with Crippen LogP contribution < -0.4 is 0 Å². The van der Waals surface area contributed by atoms with Gasteiger partial charge in [-0.05, 0) is 12.8 Å². The van der Waals surface area contributed by atoms with E-state index in [1.165, 1.54) is 12.8 Å². The van der Waals surface area contributed by atoms with E-state index in [0.717, 1.165) is 5.16 Å². The summed E-state index contributed by atoms with van der Waals surface area (Å²) in [5, 5.41) is 8.21. The lowest BCUT2D eigenvalue weighted by atomic mass is 10.7. The molecule has 0 unspecified atom stereocenters. The van der Waals surface area contributed by atoms with Crippen molar-refractivity contribution in [2.75, 3.05) is 0 Å². The summed E-state index contributed by atoms with van der Waals surface area (Å²) in [6.45, 7) is 0. The minimum atomic E-state index is 0.646. The first-order valence-electron chi connectivity index (χ1n) is 2.96. The molecule has 0 bridgehead atoms. The maximum atomic E-state index is 4.12. The fourth-order valence-electron chi connectivity index (χ4n) is 0.847. The highest BCUT2D eigenvalue weighted by molar-refractivity contribution is 7.80. The van der Waals surface area contributed by atoms with Crippen LogP contribution in [0.1, 0.15) is 18.9 Å². The van der Waals surface area contributed by atoms with Crippen LogP contribution in [0.5, 0.6) is 0 Å². The molecule has 1 saturated carbocycles. The molecule has 4 heteroatoms. The van der Waals surface area contributed by atoms with E-state index >= 15 is 0 Å². The van der Waals surface area contributed by atoms with E-state index in [-0.39, 0.29) is 0 Å². The van der Waals surface area contributed by atoms with E-state index in [2.05, 4.69) is 22.8 Å². The van der Waals surface area contributed by atoms with E-state index < -0.39 is 0 Å². The molecular formula is C5H7N3S. The van der Waals surface area contributed by atoms with Crippen LogP contribution in [0.4, 0.5) is 0 Å². The summed E-state index contributed by atoms with van der Waals surface area (Å²) in [4.78, 5) is 0. The van der Waals surface area contributed by atoms with Crippen LogP contribution in [-0.4, -0.2) is 14.8 Å². The largest absolute Gasteiger partial charge is 0.306 e. The smallest absolute Gasteiger partial charge is 0.188 e. The maximum Gasteiger partial charge on any atom is 0.188 e. The predicted molar refractivity (Wildman–Crippen MR) is 35.5 cm³/mol. The third-order valence-corrected chi connectivity index (χ3v) is 1.81. The summed E-state index contributed by atoms with van der Waals surface area (Å²) in [5.41, 5.74) is 0. The first-order chi connectivity index (χ1) is 4.38. The first kappa shape index (κ1) is 5.29. The molecule has 9 heavy (non-hydrogen) atoms. The number of hydrogen-bond donors (Lipinski definition) is 1. The number of nitrogens with zero attached hydrogens (tertiary/aromatic N) is 3. The van der Waals surface area contributed by atoms with Crippen molar-refractivity contribution in [3.63, 3.8) is 0 Å². The van der Waals surface area contributed by atoms with Crippen molar-refractivity contribution in [1.82, 2.24) is 14.8 Å². The summed E-state index contributed by atoms with van der Waals surface area (Å²) in [7, 11) is 0. The van der Waals surface area contributed by atoms with Gasteiger partial charge in [-0.3, -0.25) is 0 Å². The van der Waals surface area contributed by atoms with Crippen molar-refractivity contribution in [2.24, 2.45) is 0 Å². The average molecular weight is 141 g/mol. The zero-order chi connectivity index (χ0) is 6.27. The van der Waals surface area contributed by atoms with Gasteiger partial charge in [0, 0.05) is 6.04 Å². The van der Waals surface area contributed by atoms with E-state index in [1.54, 1.807) is 6.33 Å². The van der Waals surface area contributed by atoms with Crippen LogP contribution in [0.15, 0.2) is 11.5 Å². The Morgan fingerprint density at radius 1 is 1.67 bits per heavy atom. The van der Waals surface area contributed by atoms with Gasteiger partial charge in [-0.1, -0.05) is 0 Å². The molecule has 1 aliphatic rings.